The molecule has 1 fully saturated rings. The molecule has 2 aromatic carbocycles. The molecule has 1 aliphatic carbocycles. The number of nitrogens with one attached hydrogen (secondary N) is 1. The molecule has 0 heterocycles. The summed E-state index contributed by atoms with van der Waals surface area (Å²) in [5.41, 5.74) is 0.810. The molecule has 0 unspecified atom stereocenters. The number of hydrogen-bond acceptors (Lipinski definition) is 5. The number of sulfonamides is 1. The predicted molar refractivity (Wildman–Crippen MR) is 97.9 cm³/mol. The van der Waals surface area contributed by atoms with E-state index in [1.54, 1.807) is 31.4 Å². The number of hydrogen-bond donors (Lipinski definition) is 3. The van der Waals surface area contributed by atoms with Gasteiger partial charge in [0.25, 0.3) is 0 Å². The van der Waals surface area contributed by atoms with Crippen LogP contribution in [0.1, 0.15) is 17.9 Å². The van der Waals surface area contributed by atoms with Crippen LogP contribution in [0.2, 0.25) is 5.02 Å². The lowest BCUT2D eigenvalue weighted by Gasteiger charge is -2.24. The topological polar surface area (TPSA) is 95.9 Å². The fraction of sp³-hybridized carbons (Fsp3) is 0.333. The number of benzene rings is 2. The summed E-state index contributed by atoms with van der Waals surface area (Å²) in [7, 11) is -2.32. The maximum atomic E-state index is 12.7. The minimum Gasteiger partial charge on any atom is -0.497 e. The lowest BCUT2D eigenvalue weighted by Crippen LogP contribution is -2.45. The van der Waals surface area contributed by atoms with Crippen molar-refractivity contribution >= 4 is 21.6 Å². The first-order valence-corrected chi connectivity index (χ1v) is 9.96. The van der Waals surface area contributed by atoms with Crippen molar-refractivity contribution < 1.29 is 23.4 Å². The van der Waals surface area contributed by atoms with Crippen LogP contribution in [0.5, 0.6) is 5.75 Å². The van der Waals surface area contributed by atoms with Crippen LogP contribution in [-0.4, -0.2) is 44.0 Å². The van der Waals surface area contributed by atoms with Gasteiger partial charge in [-0.1, -0.05) is 23.7 Å². The zero-order valence-electron chi connectivity index (χ0n) is 14.0. The third-order valence-corrected chi connectivity index (χ3v) is 6.38. The van der Waals surface area contributed by atoms with Gasteiger partial charge in [-0.15, -0.1) is 0 Å². The third kappa shape index (κ3) is 3.87. The summed E-state index contributed by atoms with van der Waals surface area (Å²) in [5.74, 6) is 0.305. The molecule has 8 heteroatoms. The van der Waals surface area contributed by atoms with Crippen molar-refractivity contribution in [2.45, 2.75) is 35.5 Å². The van der Waals surface area contributed by atoms with E-state index < -0.39 is 28.3 Å². The Morgan fingerprint density at radius 3 is 2.27 bits per heavy atom. The number of aliphatic hydroxyl groups is 2. The number of rotatable bonds is 5. The van der Waals surface area contributed by atoms with E-state index >= 15 is 0 Å². The maximum absolute atomic E-state index is 12.7. The fourth-order valence-corrected chi connectivity index (χ4v) is 4.65. The summed E-state index contributed by atoms with van der Waals surface area (Å²) in [6, 6.07) is 12.0. The summed E-state index contributed by atoms with van der Waals surface area (Å²) in [6.45, 7) is 0. The van der Waals surface area contributed by atoms with Crippen molar-refractivity contribution in [3.63, 3.8) is 0 Å². The minimum absolute atomic E-state index is 0.0453. The van der Waals surface area contributed by atoms with E-state index in [4.69, 9.17) is 16.3 Å². The highest BCUT2D eigenvalue weighted by molar-refractivity contribution is 7.89. The highest BCUT2D eigenvalue weighted by atomic mass is 35.5. The van der Waals surface area contributed by atoms with Gasteiger partial charge in [0, 0.05) is 10.9 Å². The molecule has 26 heavy (non-hydrogen) atoms. The van der Waals surface area contributed by atoms with Crippen LogP contribution in [0.4, 0.5) is 0 Å². The highest BCUT2D eigenvalue weighted by Gasteiger charge is 2.44. The van der Waals surface area contributed by atoms with E-state index in [2.05, 4.69) is 4.72 Å². The van der Waals surface area contributed by atoms with Gasteiger partial charge in [0.2, 0.25) is 10.0 Å². The van der Waals surface area contributed by atoms with Crippen LogP contribution in [0, 0.1) is 0 Å². The van der Waals surface area contributed by atoms with Crippen molar-refractivity contribution in [2.75, 3.05) is 7.11 Å². The Balaban J connectivity index is 1.88. The van der Waals surface area contributed by atoms with Gasteiger partial charge in [-0.3, -0.25) is 0 Å². The van der Waals surface area contributed by atoms with Gasteiger partial charge in [-0.2, -0.15) is 0 Å². The maximum Gasteiger partial charge on any atom is 0.240 e. The molecule has 0 bridgehead atoms. The second-order valence-corrected chi connectivity index (χ2v) is 8.42. The van der Waals surface area contributed by atoms with Crippen molar-refractivity contribution in [3.05, 3.63) is 59.1 Å². The Kier molecular flexibility index (Phi) is 5.55. The number of methoxy groups -OCH3 is 1. The molecule has 0 amide bonds. The Bertz CT molecular complexity index is 854. The molecule has 0 saturated heterocycles. The smallest absolute Gasteiger partial charge is 0.240 e. The number of aliphatic hydroxyl groups excluding tert-OH is 2. The van der Waals surface area contributed by atoms with E-state index in [0.29, 0.717) is 10.8 Å². The van der Waals surface area contributed by atoms with E-state index in [1.165, 1.54) is 24.3 Å². The van der Waals surface area contributed by atoms with Gasteiger partial charge in [0.15, 0.2) is 0 Å². The summed E-state index contributed by atoms with van der Waals surface area (Å²) < 4.78 is 33.0. The summed E-state index contributed by atoms with van der Waals surface area (Å²) in [6.07, 6.45) is -1.97. The fourth-order valence-electron chi connectivity index (χ4n) is 3.23. The zero-order chi connectivity index (χ0) is 18.9. The second-order valence-electron chi connectivity index (χ2n) is 6.27. The first kappa shape index (κ1) is 19.1. The average Bonchev–Trinajstić information content (AvgIpc) is 2.90. The van der Waals surface area contributed by atoms with Crippen molar-refractivity contribution in [3.8, 4) is 5.75 Å². The average molecular weight is 398 g/mol. The van der Waals surface area contributed by atoms with Crippen molar-refractivity contribution in [1.29, 1.82) is 0 Å². The van der Waals surface area contributed by atoms with Crippen molar-refractivity contribution in [2.24, 2.45) is 0 Å². The normalized spacial score (nSPS) is 26.0. The molecule has 0 aliphatic heterocycles. The van der Waals surface area contributed by atoms with E-state index in [0.717, 1.165) is 5.56 Å². The van der Waals surface area contributed by atoms with Crippen LogP contribution in [0.25, 0.3) is 0 Å². The van der Waals surface area contributed by atoms with Crippen LogP contribution in [0.15, 0.2) is 53.4 Å². The summed E-state index contributed by atoms with van der Waals surface area (Å²) in [4.78, 5) is 0.0453. The van der Waals surface area contributed by atoms with Crippen molar-refractivity contribution in [1.82, 2.24) is 4.72 Å². The first-order chi connectivity index (χ1) is 12.3. The largest absolute Gasteiger partial charge is 0.497 e. The molecular weight excluding hydrogens is 378 g/mol. The molecule has 0 radical (unpaired) electrons. The Labute approximate surface area is 157 Å². The highest BCUT2D eigenvalue weighted by Crippen LogP contribution is 2.36. The molecule has 140 valence electrons. The summed E-state index contributed by atoms with van der Waals surface area (Å²) >= 11 is 5.80. The lowest BCUT2D eigenvalue weighted by atomic mass is 9.94. The Hall–Kier alpha value is -1.64. The molecular formula is C18H20ClNO5S. The van der Waals surface area contributed by atoms with Crippen LogP contribution in [-0.2, 0) is 10.0 Å². The van der Waals surface area contributed by atoms with Gasteiger partial charge in [0.05, 0.1) is 30.3 Å². The number of halogens is 1. The SMILES string of the molecule is COc1ccc([C@H]2C[C@@H](O)[C@@H](O)[C@@H]2NS(=O)(=O)c2ccc(Cl)cc2)cc1. The molecule has 4 atom stereocenters. The van der Waals surface area contributed by atoms with Crippen LogP contribution in [0.3, 0.4) is 0 Å². The van der Waals surface area contributed by atoms with E-state index in [1.807, 2.05) is 0 Å². The molecule has 3 rings (SSSR count). The Morgan fingerprint density at radius 2 is 1.69 bits per heavy atom. The van der Waals surface area contributed by atoms with E-state index in [9.17, 15) is 18.6 Å². The zero-order valence-corrected chi connectivity index (χ0v) is 15.6. The third-order valence-electron chi connectivity index (χ3n) is 4.65. The Morgan fingerprint density at radius 1 is 1.08 bits per heavy atom. The van der Waals surface area contributed by atoms with Gasteiger partial charge < -0.3 is 14.9 Å². The first-order valence-electron chi connectivity index (χ1n) is 8.10. The second kappa shape index (κ2) is 7.54. The molecule has 1 aliphatic rings. The van der Waals surface area contributed by atoms with E-state index in [-0.39, 0.29) is 17.2 Å². The van der Waals surface area contributed by atoms with Crippen LogP contribution >= 0.6 is 11.6 Å². The molecule has 2 aromatic rings. The monoisotopic (exact) mass is 397 g/mol. The van der Waals surface area contributed by atoms with Gasteiger partial charge in [0.1, 0.15) is 5.75 Å². The standard InChI is InChI=1S/C18H20ClNO5S/c1-25-13-6-2-11(3-7-13)15-10-16(21)18(22)17(15)20-26(23,24)14-8-4-12(19)5-9-14/h2-9,15-18,20-22H,10H2,1H3/t15-,16-,17-,18-/m1/s1. The predicted octanol–water partition coefficient (Wildman–Crippen LogP) is 1.90. The molecule has 3 N–H and O–H groups in total. The minimum atomic E-state index is -3.87. The van der Waals surface area contributed by atoms with Gasteiger partial charge in [-0.05, 0) is 48.4 Å². The molecule has 6 nitrogen and oxygen atoms in total. The quantitative estimate of drug-likeness (QED) is 0.716. The molecule has 1 saturated carbocycles. The van der Waals surface area contributed by atoms with Gasteiger partial charge in [-0.25, -0.2) is 13.1 Å². The van der Waals surface area contributed by atoms with Gasteiger partial charge >= 0.3 is 0 Å². The molecule has 0 spiro atoms. The lowest BCUT2D eigenvalue weighted by molar-refractivity contribution is 0.0338. The van der Waals surface area contributed by atoms with Crippen LogP contribution < -0.4 is 9.46 Å². The summed E-state index contributed by atoms with van der Waals surface area (Å²) in [5, 5.41) is 20.8. The molecule has 0 aromatic heterocycles. The number of ether oxygens (including phenoxy) is 1.